The van der Waals surface area contributed by atoms with Gasteiger partial charge in [-0.1, -0.05) is 71.4 Å². The van der Waals surface area contributed by atoms with E-state index in [4.69, 9.17) is 26.7 Å². The van der Waals surface area contributed by atoms with Crippen molar-refractivity contribution >= 4 is 23.6 Å². The zero-order valence-corrected chi connectivity index (χ0v) is 24.3. The Morgan fingerprint density at radius 2 is 1.88 bits per heavy atom. The summed E-state index contributed by atoms with van der Waals surface area (Å²) in [5.41, 5.74) is 5.73. The molecule has 10 nitrogen and oxygen atoms in total. The van der Waals surface area contributed by atoms with E-state index in [-0.39, 0.29) is 5.75 Å². The third-order valence-corrected chi connectivity index (χ3v) is 7.36. The van der Waals surface area contributed by atoms with Gasteiger partial charge in [0, 0.05) is 42.3 Å². The van der Waals surface area contributed by atoms with Gasteiger partial charge in [-0.05, 0) is 41.8 Å². The molecule has 2 heterocycles. The lowest BCUT2D eigenvalue weighted by atomic mass is 10.0. The number of hydrogen-bond donors (Lipinski definition) is 3. The van der Waals surface area contributed by atoms with Crippen molar-refractivity contribution in [2.45, 2.75) is 19.6 Å². The fourth-order valence-electron chi connectivity index (χ4n) is 4.82. The van der Waals surface area contributed by atoms with Crippen LogP contribution in [0.5, 0.6) is 11.5 Å². The Labute approximate surface area is 255 Å². The molecule has 0 bridgehead atoms. The highest BCUT2D eigenvalue weighted by molar-refractivity contribution is 6.30. The Hall–Kier alpha value is -4.64. The van der Waals surface area contributed by atoms with Crippen molar-refractivity contribution in [2.75, 3.05) is 26.2 Å². The Kier molecular flexibility index (Phi) is 9.73. The second-order valence-electron chi connectivity index (χ2n) is 10.1. The first-order valence-electron chi connectivity index (χ1n) is 13.9. The monoisotopic (exact) mass is 600 g/mol. The first-order valence-corrected chi connectivity index (χ1v) is 14.2. The third-order valence-electron chi connectivity index (χ3n) is 7.12. The third kappa shape index (κ3) is 7.61. The van der Waals surface area contributed by atoms with E-state index in [0.29, 0.717) is 79.5 Å². The second-order valence-corrected chi connectivity index (χ2v) is 10.5. The molecular weight excluding hydrogens is 568 g/mol. The summed E-state index contributed by atoms with van der Waals surface area (Å²) in [5, 5.41) is 15.5. The number of para-hydroxylation sites is 1. The largest absolute Gasteiger partial charge is 0.507 e. The number of phenols is 1. The van der Waals surface area contributed by atoms with Crippen molar-refractivity contribution in [3.05, 3.63) is 113 Å². The molecule has 1 fully saturated rings. The van der Waals surface area contributed by atoms with E-state index < -0.39 is 5.91 Å². The Morgan fingerprint density at radius 3 is 2.60 bits per heavy atom. The highest BCUT2D eigenvalue weighted by Gasteiger charge is 2.24. The van der Waals surface area contributed by atoms with Gasteiger partial charge < -0.3 is 19.3 Å². The number of benzene rings is 3. The number of aromatic hydroxyl groups is 1. The van der Waals surface area contributed by atoms with E-state index in [9.17, 15) is 9.90 Å². The quantitative estimate of drug-likeness (QED) is 0.0746. The number of rotatable bonds is 11. The predicted molar refractivity (Wildman–Crippen MR) is 165 cm³/mol. The SMILES string of the molecule is C=CCc1cccc(C=C(C(=O)NN)N2CCN(Cc3nc(-c4ccc(COc5cccc(Cl)c5)cc4)no3)CC2)c1O. The van der Waals surface area contributed by atoms with Crippen LogP contribution >= 0.6 is 11.6 Å². The number of nitrogens with zero attached hydrogens (tertiary/aromatic N) is 4. The molecule has 0 aliphatic carbocycles. The number of aromatic nitrogens is 2. The number of amides is 1. The highest BCUT2D eigenvalue weighted by Crippen LogP contribution is 2.27. The lowest BCUT2D eigenvalue weighted by Crippen LogP contribution is -2.48. The molecule has 5 rings (SSSR count). The number of ether oxygens (including phenoxy) is 1. The van der Waals surface area contributed by atoms with Crippen LogP contribution in [0, 0.1) is 0 Å². The molecule has 3 aromatic carbocycles. The lowest BCUT2D eigenvalue weighted by molar-refractivity contribution is -0.119. The number of hydrogen-bond acceptors (Lipinski definition) is 9. The molecule has 11 heteroatoms. The van der Waals surface area contributed by atoms with Crippen LogP contribution < -0.4 is 16.0 Å². The number of halogens is 1. The first kappa shape index (κ1) is 29.8. The van der Waals surface area contributed by atoms with Gasteiger partial charge in [0.05, 0.1) is 6.54 Å². The highest BCUT2D eigenvalue weighted by atomic mass is 35.5. The fraction of sp³-hybridized carbons (Fsp3) is 0.219. The second kappa shape index (κ2) is 14.0. The molecule has 1 aliphatic rings. The summed E-state index contributed by atoms with van der Waals surface area (Å²) in [6.45, 7) is 7.11. The molecule has 1 aromatic heterocycles. The van der Waals surface area contributed by atoms with E-state index in [0.717, 1.165) is 16.7 Å². The van der Waals surface area contributed by atoms with Crippen molar-refractivity contribution in [3.63, 3.8) is 0 Å². The van der Waals surface area contributed by atoms with Gasteiger partial charge >= 0.3 is 0 Å². The molecule has 0 atom stereocenters. The molecule has 0 saturated carbocycles. The van der Waals surface area contributed by atoms with Crippen LogP contribution in [0.4, 0.5) is 0 Å². The maximum atomic E-state index is 12.7. The van der Waals surface area contributed by atoms with Gasteiger partial charge in [-0.15, -0.1) is 6.58 Å². The minimum absolute atomic E-state index is 0.121. The van der Waals surface area contributed by atoms with E-state index >= 15 is 0 Å². The molecule has 0 radical (unpaired) electrons. The maximum absolute atomic E-state index is 12.7. The fourth-order valence-corrected chi connectivity index (χ4v) is 5.00. The van der Waals surface area contributed by atoms with Crippen LogP contribution in [0.25, 0.3) is 17.5 Å². The van der Waals surface area contributed by atoms with Crippen molar-refractivity contribution in [1.29, 1.82) is 0 Å². The van der Waals surface area contributed by atoms with E-state index in [1.807, 2.05) is 53.4 Å². The summed E-state index contributed by atoms with van der Waals surface area (Å²) < 4.78 is 11.3. The number of hydrazine groups is 1. The Morgan fingerprint density at radius 1 is 1.12 bits per heavy atom. The standard InChI is InChI=1S/C32H33ClN6O4/c1-2-5-23-6-3-7-25(30(23)40)18-28(32(41)36-34)39-16-14-38(15-17-39)20-29-35-31(37-43-29)24-12-10-22(11-13-24)21-42-27-9-4-8-26(33)19-27/h2-4,6-13,18-19,40H,1,5,14-17,20-21,34H2,(H,36,41). The zero-order chi connectivity index (χ0) is 30.2. The van der Waals surface area contributed by atoms with Gasteiger partial charge in [-0.25, -0.2) is 5.84 Å². The number of nitrogens with two attached hydrogens (primary N) is 1. The molecule has 4 aromatic rings. The summed E-state index contributed by atoms with van der Waals surface area (Å²) >= 11 is 6.02. The first-order chi connectivity index (χ1) is 20.9. The van der Waals surface area contributed by atoms with Gasteiger partial charge in [0.1, 0.15) is 23.8 Å². The van der Waals surface area contributed by atoms with E-state index in [1.54, 1.807) is 30.4 Å². The molecule has 0 spiro atoms. The van der Waals surface area contributed by atoms with Crippen LogP contribution in [0.2, 0.25) is 5.02 Å². The summed E-state index contributed by atoms with van der Waals surface area (Å²) in [4.78, 5) is 21.4. The van der Waals surface area contributed by atoms with Gasteiger partial charge in [0.2, 0.25) is 11.7 Å². The van der Waals surface area contributed by atoms with Gasteiger partial charge in [-0.2, -0.15) is 4.98 Å². The Balaban J connectivity index is 1.17. The number of nitrogens with one attached hydrogen (secondary N) is 1. The van der Waals surface area contributed by atoms with Crippen molar-refractivity contribution in [2.24, 2.45) is 5.84 Å². The normalized spacial score (nSPS) is 14.0. The Bertz CT molecular complexity index is 1600. The lowest BCUT2D eigenvalue weighted by Gasteiger charge is -2.36. The molecule has 0 unspecified atom stereocenters. The van der Waals surface area contributed by atoms with Crippen LogP contribution in [0.15, 0.2) is 89.6 Å². The maximum Gasteiger partial charge on any atom is 0.281 e. The van der Waals surface area contributed by atoms with Gasteiger partial charge in [0.15, 0.2) is 0 Å². The summed E-state index contributed by atoms with van der Waals surface area (Å²) in [5.74, 6) is 6.92. The summed E-state index contributed by atoms with van der Waals surface area (Å²) in [6.07, 6.45) is 3.91. The van der Waals surface area contributed by atoms with Crippen molar-refractivity contribution < 1.29 is 19.2 Å². The molecule has 43 heavy (non-hydrogen) atoms. The van der Waals surface area contributed by atoms with Crippen molar-refractivity contribution in [3.8, 4) is 22.9 Å². The molecule has 222 valence electrons. The van der Waals surface area contributed by atoms with Gasteiger partial charge in [-0.3, -0.25) is 15.1 Å². The predicted octanol–water partition coefficient (Wildman–Crippen LogP) is 4.55. The zero-order valence-electron chi connectivity index (χ0n) is 23.6. The van der Waals surface area contributed by atoms with Crippen LogP contribution in [0.1, 0.15) is 22.6 Å². The summed E-state index contributed by atoms with van der Waals surface area (Å²) in [6, 6.07) is 20.5. The molecule has 4 N–H and O–H groups in total. The average Bonchev–Trinajstić information content (AvgIpc) is 3.49. The molecule has 1 aliphatic heterocycles. The molecule has 1 amide bonds. The number of piperazine rings is 1. The van der Waals surface area contributed by atoms with E-state index in [1.165, 1.54) is 0 Å². The van der Waals surface area contributed by atoms with Gasteiger partial charge in [0.25, 0.3) is 5.91 Å². The summed E-state index contributed by atoms with van der Waals surface area (Å²) in [7, 11) is 0. The van der Waals surface area contributed by atoms with Crippen LogP contribution in [-0.4, -0.2) is 57.1 Å². The van der Waals surface area contributed by atoms with Crippen molar-refractivity contribution in [1.82, 2.24) is 25.4 Å². The van der Waals surface area contributed by atoms with Crippen LogP contribution in [-0.2, 0) is 24.4 Å². The number of carbonyl (C=O) groups is 1. The smallest absolute Gasteiger partial charge is 0.281 e. The molecular formula is C32H33ClN6O4. The number of allylic oxidation sites excluding steroid dienone is 1. The van der Waals surface area contributed by atoms with E-state index in [2.05, 4.69) is 27.0 Å². The minimum Gasteiger partial charge on any atom is -0.507 e. The van der Waals surface area contributed by atoms with Crippen LogP contribution in [0.3, 0.4) is 0 Å². The number of carbonyl (C=O) groups excluding carboxylic acids is 1. The minimum atomic E-state index is -0.425. The average molecular weight is 601 g/mol. The number of phenolic OH excluding ortho intramolecular Hbond substituents is 1. The topological polar surface area (TPSA) is 130 Å². The molecule has 1 saturated heterocycles.